The fourth-order valence-corrected chi connectivity index (χ4v) is 2.44. The number of nitrogens with one attached hydrogen (secondary N) is 1. The summed E-state index contributed by atoms with van der Waals surface area (Å²) in [5.41, 5.74) is 1.56. The van der Waals surface area contributed by atoms with E-state index in [4.69, 9.17) is 11.6 Å². The summed E-state index contributed by atoms with van der Waals surface area (Å²) < 4.78 is 1.62. The highest BCUT2D eigenvalue weighted by Gasteiger charge is 2.17. The summed E-state index contributed by atoms with van der Waals surface area (Å²) in [5, 5.41) is 8.47. The molecule has 0 unspecified atom stereocenters. The first-order valence-corrected chi connectivity index (χ1v) is 7.73. The van der Waals surface area contributed by atoms with Crippen molar-refractivity contribution in [2.75, 3.05) is 19.0 Å². The highest BCUT2D eigenvalue weighted by molar-refractivity contribution is 6.30. The average molecular weight is 345 g/mol. The van der Waals surface area contributed by atoms with E-state index >= 15 is 0 Å². The quantitative estimate of drug-likeness (QED) is 0.783. The molecule has 0 saturated heterocycles. The molecule has 0 saturated carbocycles. The van der Waals surface area contributed by atoms with E-state index in [9.17, 15) is 4.79 Å². The maximum absolute atomic E-state index is 12.4. The molecule has 3 aromatic rings. The second-order valence-electron chi connectivity index (χ2n) is 5.58. The van der Waals surface area contributed by atoms with Crippen LogP contribution in [-0.2, 0) is 13.6 Å². The van der Waals surface area contributed by atoms with E-state index in [2.05, 4.69) is 20.4 Å². The third kappa shape index (κ3) is 3.16. The number of nitrogens with zero attached hydrogens (tertiary/aromatic N) is 5. The molecule has 0 fully saturated rings. The Bertz CT molecular complexity index is 887. The van der Waals surface area contributed by atoms with E-state index in [0.29, 0.717) is 23.0 Å². The van der Waals surface area contributed by atoms with Crippen molar-refractivity contribution in [3.8, 4) is 0 Å². The number of hydrogen-bond donors (Lipinski definition) is 1. The van der Waals surface area contributed by atoms with Gasteiger partial charge >= 0.3 is 0 Å². The number of aromatic nitrogens is 4. The first kappa shape index (κ1) is 16.2. The predicted octanol–water partition coefficient (Wildman–Crippen LogP) is 2.01. The molecule has 0 aliphatic heterocycles. The second kappa shape index (κ2) is 6.45. The molecule has 24 heavy (non-hydrogen) atoms. The minimum atomic E-state index is -0.337. The van der Waals surface area contributed by atoms with E-state index in [-0.39, 0.29) is 11.7 Å². The summed E-state index contributed by atoms with van der Waals surface area (Å²) in [6.45, 7) is 0.375. The van der Waals surface area contributed by atoms with Gasteiger partial charge in [-0.25, -0.2) is 9.97 Å². The number of amides is 1. The lowest BCUT2D eigenvalue weighted by molar-refractivity contribution is 0.0941. The zero-order chi connectivity index (χ0) is 17.3. The predicted molar refractivity (Wildman–Crippen MR) is 93.3 cm³/mol. The minimum absolute atomic E-state index is 0.115. The third-order valence-corrected chi connectivity index (χ3v) is 3.82. The number of benzene rings is 1. The molecule has 0 atom stereocenters. The van der Waals surface area contributed by atoms with Crippen LogP contribution >= 0.6 is 11.6 Å². The van der Waals surface area contributed by atoms with Crippen LogP contribution in [0.15, 0.2) is 30.5 Å². The molecule has 0 spiro atoms. The normalized spacial score (nSPS) is 10.8. The number of fused-ring (bicyclic) bond motifs is 1. The molecule has 2 aromatic heterocycles. The maximum Gasteiger partial charge on any atom is 0.289 e. The standard InChI is InChI=1S/C16H17ClN6O/c1-22(2)14-12-9-19-23(3)15(12)21-13(20-14)16(24)18-8-10-4-6-11(17)7-5-10/h4-7,9H,8H2,1-3H3,(H,18,24). The van der Waals surface area contributed by atoms with Gasteiger partial charge in [-0.15, -0.1) is 0 Å². The van der Waals surface area contributed by atoms with Crippen molar-refractivity contribution < 1.29 is 4.79 Å². The Kier molecular flexibility index (Phi) is 4.35. The van der Waals surface area contributed by atoms with Crippen LogP contribution in [0.3, 0.4) is 0 Å². The zero-order valence-corrected chi connectivity index (χ0v) is 14.4. The number of carbonyl (C=O) groups is 1. The van der Waals surface area contributed by atoms with Gasteiger partial charge in [0, 0.05) is 32.7 Å². The Morgan fingerprint density at radius 1 is 1.25 bits per heavy atom. The van der Waals surface area contributed by atoms with Crippen molar-refractivity contribution in [1.82, 2.24) is 25.1 Å². The van der Waals surface area contributed by atoms with Gasteiger partial charge in [0.2, 0.25) is 5.82 Å². The van der Waals surface area contributed by atoms with Crippen LogP contribution in [-0.4, -0.2) is 39.8 Å². The first-order chi connectivity index (χ1) is 11.5. The molecule has 0 bridgehead atoms. The fourth-order valence-electron chi connectivity index (χ4n) is 2.31. The summed E-state index contributed by atoms with van der Waals surface area (Å²) in [5.74, 6) is 0.435. The second-order valence-corrected chi connectivity index (χ2v) is 6.02. The Hall–Kier alpha value is -2.67. The largest absolute Gasteiger partial charge is 0.362 e. The van der Waals surface area contributed by atoms with Crippen molar-refractivity contribution in [3.63, 3.8) is 0 Å². The smallest absolute Gasteiger partial charge is 0.289 e. The van der Waals surface area contributed by atoms with Crippen molar-refractivity contribution in [2.24, 2.45) is 7.05 Å². The number of carbonyl (C=O) groups excluding carboxylic acids is 1. The molecule has 1 amide bonds. The summed E-state index contributed by atoms with van der Waals surface area (Å²) in [6.07, 6.45) is 1.69. The van der Waals surface area contributed by atoms with Gasteiger partial charge in [-0.05, 0) is 17.7 Å². The molecule has 2 heterocycles. The van der Waals surface area contributed by atoms with E-state index in [1.807, 2.05) is 31.1 Å². The van der Waals surface area contributed by atoms with Gasteiger partial charge in [0.15, 0.2) is 5.65 Å². The first-order valence-electron chi connectivity index (χ1n) is 7.35. The lowest BCUT2D eigenvalue weighted by Gasteiger charge is -2.13. The van der Waals surface area contributed by atoms with Gasteiger partial charge in [-0.1, -0.05) is 23.7 Å². The van der Waals surface area contributed by atoms with Gasteiger partial charge in [0.05, 0.1) is 11.6 Å². The number of anilines is 1. The third-order valence-electron chi connectivity index (χ3n) is 3.57. The van der Waals surface area contributed by atoms with E-state index in [0.717, 1.165) is 10.9 Å². The van der Waals surface area contributed by atoms with Gasteiger partial charge < -0.3 is 10.2 Å². The molecule has 0 aliphatic carbocycles. The molecule has 0 radical (unpaired) electrons. The zero-order valence-electron chi connectivity index (χ0n) is 13.6. The van der Waals surface area contributed by atoms with Gasteiger partial charge in [0.1, 0.15) is 5.82 Å². The summed E-state index contributed by atoms with van der Waals surface area (Å²) >= 11 is 5.86. The van der Waals surface area contributed by atoms with Gasteiger partial charge in [0.25, 0.3) is 5.91 Å². The van der Waals surface area contributed by atoms with Crippen molar-refractivity contribution in [1.29, 1.82) is 0 Å². The Morgan fingerprint density at radius 2 is 1.96 bits per heavy atom. The molecular formula is C16H17ClN6O. The van der Waals surface area contributed by atoms with E-state index < -0.39 is 0 Å². The monoisotopic (exact) mass is 344 g/mol. The Balaban J connectivity index is 1.86. The van der Waals surface area contributed by atoms with Crippen LogP contribution in [0, 0.1) is 0 Å². The van der Waals surface area contributed by atoms with Crippen LogP contribution < -0.4 is 10.2 Å². The summed E-state index contributed by atoms with van der Waals surface area (Å²) in [6, 6.07) is 7.29. The molecule has 3 rings (SSSR count). The number of halogens is 1. The Labute approximate surface area is 144 Å². The van der Waals surface area contributed by atoms with Crippen LogP contribution in [0.4, 0.5) is 5.82 Å². The van der Waals surface area contributed by atoms with Crippen LogP contribution in [0.1, 0.15) is 16.2 Å². The molecule has 8 heteroatoms. The number of rotatable bonds is 4. The molecule has 124 valence electrons. The van der Waals surface area contributed by atoms with E-state index in [1.54, 1.807) is 30.1 Å². The average Bonchev–Trinajstić information content (AvgIpc) is 2.94. The topological polar surface area (TPSA) is 75.9 Å². The maximum atomic E-state index is 12.4. The lowest BCUT2D eigenvalue weighted by atomic mass is 10.2. The minimum Gasteiger partial charge on any atom is -0.362 e. The van der Waals surface area contributed by atoms with Crippen LogP contribution in [0.5, 0.6) is 0 Å². The molecule has 0 aliphatic rings. The number of aryl methyl sites for hydroxylation is 1. The highest BCUT2D eigenvalue weighted by Crippen LogP contribution is 2.21. The summed E-state index contributed by atoms with van der Waals surface area (Å²) in [7, 11) is 5.51. The summed E-state index contributed by atoms with van der Waals surface area (Å²) in [4.78, 5) is 23.0. The molecule has 7 nitrogen and oxygen atoms in total. The lowest BCUT2D eigenvalue weighted by Crippen LogP contribution is -2.26. The van der Waals surface area contributed by atoms with Crippen LogP contribution in [0.2, 0.25) is 5.02 Å². The van der Waals surface area contributed by atoms with Crippen molar-refractivity contribution >= 4 is 34.4 Å². The number of hydrogen-bond acceptors (Lipinski definition) is 5. The molecule has 1 aromatic carbocycles. The molecule has 1 N–H and O–H groups in total. The van der Waals surface area contributed by atoms with E-state index in [1.165, 1.54) is 0 Å². The SMILES string of the molecule is CN(C)c1nc(C(=O)NCc2ccc(Cl)cc2)nc2c1cnn2C. The van der Waals surface area contributed by atoms with Crippen molar-refractivity contribution in [3.05, 3.63) is 46.9 Å². The van der Waals surface area contributed by atoms with Gasteiger partial charge in [-0.3, -0.25) is 9.48 Å². The van der Waals surface area contributed by atoms with Crippen molar-refractivity contribution in [2.45, 2.75) is 6.54 Å². The Morgan fingerprint density at radius 3 is 2.62 bits per heavy atom. The van der Waals surface area contributed by atoms with Gasteiger partial charge in [-0.2, -0.15) is 5.10 Å². The molecular weight excluding hydrogens is 328 g/mol. The fraction of sp³-hybridized carbons (Fsp3) is 0.250. The highest BCUT2D eigenvalue weighted by atomic mass is 35.5. The van der Waals surface area contributed by atoms with Crippen LogP contribution in [0.25, 0.3) is 11.0 Å².